The molecule has 1 fully saturated rings. The summed E-state index contributed by atoms with van der Waals surface area (Å²) in [7, 11) is 0. The molecule has 0 atom stereocenters. The van der Waals surface area contributed by atoms with E-state index in [0.29, 0.717) is 36.5 Å². The van der Waals surface area contributed by atoms with Crippen molar-refractivity contribution >= 4 is 34.1 Å². The molecule has 7 heteroatoms. The Labute approximate surface area is 223 Å². The van der Waals surface area contributed by atoms with E-state index < -0.39 is 0 Å². The predicted molar refractivity (Wildman–Crippen MR) is 149 cm³/mol. The molecule has 3 aromatic carbocycles. The van der Waals surface area contributed by atoms with Gasteiger partial charge in [0.1, 0.15) is 11.3 Å². The summed E-state index contributed by atoms with van der Waals surface area (Å²) in [4.78, 5) is 2.57. The number of rotatable bonds is 8. The highest BCUT2D eigenvalue weighted by atomic mass is 35.5. The third-order valence-corrected chi connectivity index (χ3v) is 7.21. The summed E-state index contributed by atoms with van der Waals surface area (Å²) >= 11 is 0. The summed E-state index contributed by atoms with van der Waals surface area (Å²) in [5, 5.41) is 11.7. The molecule has 0 bridgehead atoms. The van der Waals surface area contributed by atoms with Gasteiger partial charge in [-0.05, 0) is 66.7 Å². The summed E-state index contributed by atoms with van der Waals surface area (Å²) < 4.78 is 17.7. The van der Waals surface area contributed by atoms with Crippen LogP contribution in [0.25, 0.3) is 33.4 Å². The lowest BCUT2D eigenvalue weighted by atomic mass is 9.88. The zero-order valence-electron chi connectivity index (χ0n) is 21.1. The van der Waals surface area contributed by atoms with Gasteiger partial charge < -0.3 is 18.5 Å². The first-order chi connectivity index (χ1) is 17.8. The molecule has 1 saturated heterocycles. The SMILES string of the molecule is CCc1nnc(-c2cc3c(OCCCN4CCC(c5ccc6ccccc6c5)CC4)cccc3o2)o1.Cl. The lowest BCUT2D eigenvalue weighted by Crippen LogP contribution is -2.34. The number of halogens is 1. The maximum atomic E-state index is 6.16. The number of benzene rings is 3. The smallest absolute Gasteiger partial charge is 0.283 e. The zero-order chi connectivity index (χ0) is 24.3. The Morgan fingerprint density at radius 2 is 1.76 bits per heavy atom. The van der Waals surface area contributed by atoms with Gasteiger partial charge in [0.25, 0.3) is 5.89 Å². The number of hydrogen-bond acceptors (Lipinski definition) is 6. The highest BCUT2D eigenvalue weighted by molar-refractivity contribution is 5.87. The fraction of sp³-hybridized carbons (Fsp3) is 0.333. The number of furan rings is 1. The number of piperidine rings is 1. The average molecular weight is 518 g/mol. The quantitative estimate of drug-likeness (QED) is 0.202. The topological polar surface area (TPSA) is 64.5 Å². The van der Waals surface area contributed by atoms with Crippen LogP contribution in [0.15, 0.2) is 75.6 Å². The summed E-state index contributed by atoms with van der Waals surface area (Å²) in [5.41, 5.74) is 2.24. The van der Waals surface area contributed by atoms with Crippen LogP contribution in [0.2, 0.25) is 0 Å². The average Bonchev–Trinajstić information content (AvgIpc) is 3.59. The second-order valence-corrected chi connectivity index (χ2v) is 9.56. The standard InChI is InChI=1S/C30H31N3O3.ClH/c1-2-29-31-32-30(36-29)28-20-25-26(9-5-10-27(25)35-28)34-18-6-15-33-16-13-22(14-17-33)24-12-11-21-7-3-4-8-23(21)19-24;/h3-5,7-12,19-20,22H,2,6,13-18H2,1H3;1H. The van der Waals surface area contributed by atoms with Crippen molar-refractivity contribution in [3.8, 4) is 17.4 Å². The van der Waals surface area contributed by atoms with Gasteiger partial charge in [0.15, 0.2) is 5.76 Å². The van der Waals surface area contributed by atoms with E-state index in [1.807, 2.05) is 31.2 Å². The maximum absolute atomic E-state index is 6.16. The molecule has 1 aliphatic heterocycles. The molecule has 1 aliphatic rings. The molecule has 0 N–H and O–H groups in total. The van der Waals surface area contributed by atoms with Crippen LogP contribution in [0.1, 0.15) is 43.6 Å². The lowest BCUT2D eigenvalue weighted by Gasteiger charge is -2.32. The Morgan fingerprint density at radius 3 is 2.57 bits per heavy atom. The Balaban J connectivity index is 0.00000280. The third-order valence-electron chi connectivity index (χ3n) is 7.21. The first-order valence-corrected chi connectivity index (χ1v) is 13.0. The Bertz CT molecular complexity index is 1470. The number of hydrogen-bond donors (Lipinski definition) is 0. The van der Waals surface area contributed by atoms with Crippen molar-refractivity contribution in [2.45, 2.75) is 38.5 Å². The minimum Gasteiger partial charge on any atom is -0.493 e. The minimum absolute atomic E-state index is 0. The molecule has 0 spiro atoms. The largest absolute Gasteiger partial charge is 0.493 e. The van der Waals surface area contributed by atoms with Gasteiger partial charge in [-0.2, -0.15) is 0 Å². The van der Waals surface area contributed by atoms with Gasteiger partial charge in [-0.1, -0.05) is 55.5 Å². The molecule has 0 saturated carbocycles. The van der Waals surface area contributed by atoms with Crippen LogP contribution in [-0.4, -0.2) is 41.3 Å². The third kappa shape index (κ3) is 5.50. The summed E-state index contributed by atoms with van der Waals surface area (Å²) in [6.45, 7) is 5.99. The molecule has 0 amide bonds. The molecule has 192 valence electrons. The van der Waals surface area contributed by atoms with Crippen LogP contribution in [0, 0.1) is 0 Å². The van der Waals surface area contributed by atoms with Crippen molar-refractivity contribution in [2.75, 3.05) is 26.2 Å². The van der Waals surface area contributed by atoms with Gasteiger partial charge in [-0.3, -0.25) is 0 Å². The van der Waals surface area contributed by atoms with E-state index in [4.69, 9.17) is 13.6 Å². The van der Waals surface area contributed by atoms with Gasteiger partial charge in [0.05, 0.1) is 12.0 Å². The van der Waals surface area contributed by atoms with Crippen molar-refractivity contribution in [3.05, 3.63) is 78.2 Å². The van der Waals surface area contributed by atoms with Gasteiger partial charge in [0, 0.05) is 19.0 Å². The van der Waals surface area contributed by atoms with Crippen LogP contribution < -0.4 is 4.74 Å². The zero-order valence-corrected chi connectivity index (χ0v) is 21.9. The molecule has 2 aromatic heterocycles. The van der Waals surface area contributed by atoms with Gasteiger partial charge in [0.2, 0.25) is 5.89 Å². The van der Waals surface area contributed by atoms with Gasteiger partial charge in [-0.15, -0.1) is 22.6 Å². The van der Waals surface area contributed by atoms with E-state index in [1.54, 1.807) is 0 Å². The molecule has 3 heterocycles. The Morgan fingerprint density at radius 1 is 0.919 bits per heavy atom. The van der Waals surface area contributed by atoms with Crippen LogP contribution in [-0.2, 0) is 6.42 Å². The number of likely N-dealkylation sites (tertiary alicyclic amines) is 1. The molecule has 6 rings (SSSR count). The minimum atomic E-state index is 0. The van der Waals surface area contributed by atoms with Gasteiger partial charge >= 0.3 is 0 Å². The number of fused-ring (bicyclic) bond motifs is 2. The number of nitrogens with zero attached hydrogens (tertiary/aromatic N) is 3. The highest BCUT2D eigenvalue weighted by Crippen LogP contribution is 2.33. The number of ether oxygens (including phenoxy) is 1. The highest BCUT2D eigenvalue weighted by Gasteiger charge is 2.21. The van der Waals surface area contributed by atoms with Crippen molar-refractivity contribution < 1.29 is 13.6 Å². The fourth-order valence-electron chi connectivity index (χ4n) is 5.18. The first kappa shape index (κ1) is 25.3. The summed E-state index contributed by atoms with van der Waals surface area (Å²) in [5.74, 6) is 3.06. The van der Waals surface area contributed by atoms with Gasteiger partial charge in [-0.25, -0.2) is 0 Å². The van der Waals surface area contributed by atoms with E-state index in [1.165, 1.54) is 29.2 Å². The van der Waals surface area contributed by atoms with E-state index in [9.17, 15) is 0 Å². The predicted octanol–water partition coefficient (Wildman–Crippen LogP) is 7.27. The summed E-state index contributed by atoms with van der Waals surface area (Å²) in [6, 6.07) is 23.4. The van der Waals surface area contributed by atoms with E-state index >= 15 is 0 Å². The van der Waals surface area contributed by atoms with Crippen LogP contribution >= 0.6 is 12.4 Å². The normalized spacial score (nSPS) is 14.7. The molecule has 5 aromatic rings. The Kier molecular flexibility index (Phi) is 7.77. The van der Waals surface area contributed by atoms with Crippen molar-refractivity contribution in [3.63, 3.8) is 0 Å². The van der Waals surface area contributed by atoms with Crippen molar-refractivity contribution in [2.24, 2.45) is 0 Å². The fourth-order valence-corrected chi connectivity index (χ4v) is 5.18. The molecule has 0 aliphatic carbocycles. The van der Waals surface area contributed by atoms with E-state index in [-0.39, 0.29) is 12.4 Å². The first-order valence-electron chi connectivity index (χ1n) is 13.0. The number of aryl methyl sites for hydroxylation is 1. The molecular formula is C30H32ClN3O3. The van der Waals surface area contributed by atoms with E-state index in [0.717, 1.165) is 42.8 Å². The molecule has 0 radical (unpaired) electrons. The monoisotopic (exact) mass is 517 g/mol. The maximum Gasteiger partial charge on any atom is 0.283 e. The van der Waals surface area contributed by atoms with Crippen LogP contribution in [0.4, 0.5) is 0 Å². The lowest BCUT2D eigenvalue weighted by molar-refractivity contribution is 0.193. The molecule has 0 unspecified atom stereocenters. The van der Waals surface area contributed by atoms with Crippen molar-refractivity contribution in [1.29, 1.82) is 0 Å². The molecule has 6 nitrogen and oxygen atoms in total. The summed E-state index contributed by atoms with van der Waals surface area (Å²) in [6.07, 6.45) is 4.12. The second-order valence-electron chi connectivity index (χ2n) is 9.56. The molecular weight excluding hydrogens is 486 g/mol. The van der Waals surface area contributed by atoms with E-state index in [2.05, 4.69) is 57.6 Å². The van der Waals surface area contributed by atoms with Crippen LogP contribution in [0.5, 0.6) is 5.75 Å². The van der Waals surface area contributed by atoms with Crippen LogP contribution in [0.3, 0.4) is 0 Å². The van der Waals surface area contributed by atoms with Crippen molar-refractivity contribution in [1.82, 2.24) is 15.1 Å². The Hall–Kier alpha value is -3.35. The number of aromatic nitrogens is 2. The second kappa shape index (κ2) is 11.4. The molecule has 37 heavy (non-hydrogen) atoms.